The van der Waals surface area contributed by atoms with Gasteiger partial charge in [0.25, 0.3) is 5.91 Å². The molecule has 1 aliphatic heterocycles. The molecule has 2 amide bonds. The predicted molar refractivity (Wildman–Crippen MR) is 115 cm³/mol. The van der Waals surface area contributed by atoms with Gasteiger partial charge in [-0.2, -0.15) is 0 Å². The molecule has 1 aliphatic rings. The molecule has 0 unspecified atom stereocenters. The van der Waals surface area contributed by atoms with E-state index in [4.69, 9.17) is 4.74 Å². The fourth-order valence-electron chi connectivity index (χ4n) is 3.31. The van der Waals surface area contributed by atoms with Crippen LogP contribution in [0.1, 0.15) is 23.0 Å². The number of amides is 2. The maximum atomic E-state index is 12.5. The SMILES string of the molecule is CCOC(=O)N1CC[C@H](Nc2ccc(NC(=O)c3cc4ccccc4s3)cn2)C1. The van der Waals surface area contributed by atoms with Gasteiger partial charge >= 0.3 is 6.09 Å². The number of fused-ring (bicyclic) bond motifs is 1. The zero-order valence-electron chi connectivity index (χ0n) is 16.1. The van der Waals surface area contributed by atoms with Crippen LogP contribution in [0.15, 0.2) is 48.7 Å². The van der Waals surface area contributed by atoms with E-state index in [1.54, 1.807) is 18.0 Å². The first-order valence-corrected chi connectivity index (χ1v) is 10.4. The van der Waals surface area contributed by atoms with Crippen LogP contribution in [0.3, 0.4) is 0 Å². The lowest BCUT2D eigenvalue weighted by Crippen LogP contribution is -2.32. The van der Waals surface area contributed by atoms with Crippen LogP contribution in [0.4, 0.5) is 16.3 Å². The number of aromatic nitrogens is 1. The minimum absolute atomic E-state index is 0.130. The van der Waals surface area contributed by atoms with Crippen LogP contribution in [-0.2, 0) is 4.74 Å². The van der Waals surface area contributed by atoms with Crippen molar-refractivity contribution < 1.29 is 14.3 Å². The smallest absolute Gasteiger partial charge is 0.409 e. The number of pyridine rings is 1. The molecule has 0 spiro atoms. The number of hydrogen-bond donors (Lipinski definition) is 2. The van der Waals surface area contributed by atoms with Gasteiger partial charge in [0.1, 0.15) is 5.82 Å². The molecule has 3 heterocycles. The van der Waals surface area contributed by atoms with E-state index >= 15 is 0 Å². The van der Waals surface area contributed by atoms with Gasteiger partial charge in [-0.25, -0.2) is 9.78 Å². The Morgan fingerprint density at radius 2 is 2.14 bits per heavy atom. The van der Waals surface area contributed by atoms with Gasteiger partial charge in [-0.3, -0.25) is 4.79 Å². The first-order chi connectivity index (χ1) is 14.1. The van der Waals surface area contributed by atoms with Gasteiger partial charge in [-0.1, -0.05) is 18.2 Å². The lowest BCUT2D eigenvalue weighted by atomic mass is 10.2. The minimum Gasteiger partial charge on any atom is -0.450 e. The number of thiophene rings is 1. The van der Waals surface area contributed by atoms with Gasteiger partial charge in [0.2, 0.25) is 0 Å². The molecule has 1 atom stereocenters. The topological polar surface area (TPSA) is 83.6 Å². The van der Waals surface area contributed by atoms with Crippen LogP contribution in [-0.4, -0.2) is 47.6 Å². The Morgan fingerprint density at radius 1 is 1.28 bits per heavy atom. The summed E-state index contributed by atoms with van der Waals surface area (Å²) in [6, 6.07) is 13.6. The van der Waals surface area contributed by atoms with Crippen molar-refractivity contribution in [2.24, 2.45) is 0 Å². The minimum atomic E-state index is -0.274. The van der Waals surface area contributed by atoms with Crippen LogP contribution in [0.2, 0.25) is 0 Å². The number of carbonyl (C=O) groups is 2. The Labute approximate surface area is 172 Å². The van der Waals surface area contributed by atoms with E-state index in [1.807, 2.05) is 42.5 Å². The molecule has 150 valence electrons. The third kappa shape index (κ3) is 4.48. The normalized spacial score (nSPS) is 16.0. The van der Waals surface area contributed by atoms with Gasteiger partial charge in [-0.05, 0) is 43.0 Å². The monoisotopic (exact) mass is 410 g/mol. The highest BCUT2D eigenvalue weighted by molar-refractivity contribution is 7.20. The summed E-state index contributed by atoms with van der Waals surface area (Å²) in [5.41, 5.74) is 0.637. The van der Waals surface area contributed by atoms with Crippen molar-refractivity contribution in [3.63, 3.8) is 0 Å². The van der Waals surface area contributed by atoms with E-state index in [9.17, 15) is 9.59 Å². The van der Waals surface area contributed by atoms with Crippen molar-refractivity contribution in [2.45, 2.75) is 19.4 Å². The number of nitrogens with zero attached hydrogens (tertiary/aromatic N) is 2. The third-order valence-electron chi connectivity index (χ3n) is 4.74. The van der Waals surface area contributed by atoms with Crippen molar-refractivity contribution in [1.29, 1.82) is 0 Å². The lowest BCUT2D eigenvalue weighted by Gasteiger charge is -2.16. The Hall–Kier alpha value is -3.13. The second kappa shape index (κ2) is 8.48. The van der Waals surface area contributed by atoms with E-state index in [1.165, 1.54) is 11.3 Å². The molecule has 29 heavy (non-hydrogen) atoms. The molecule has 0 saturated carbocycles. The maximum absolute atomic E-state index is 12.5. The number of anilines is 2. The van der Waals surface area contributed by atoms with Gasteiger partial charge in [0.05, 0.1) is 23.4 Å². The first-order valence-electron chi connectivity index (χ1n) is 9.56. The molecule has 1 saturated heterocycles. The zero-order chi connectivity index (χ0) is 20.2. The molecule has 1 aromatic carbocycles. The fourth-order valence-corrected chi connectivity index (χ4v) is 4.27. The number of rotatable bonds is 5. The average Bonchev–Trinajstić information content (AvgIpc) is 3.37. The molecule has 3 aromatic rings. The van der Waals surface area contributed by atoms with Crippen molar-refractivity contribution in [1.82, 2.24) is 9.88 Å². The van der Waals surface area contributed by atoms with Gasteiger partial charge < -0.3 is 20.3 Å². The van der Waals surface area contributed by atoms with Crippen LogP contribution in [0.5, 0.6) is 0 Å². The molecule has 2 N–H and O–H groups in total. The summed E-state index contributed by atoms with van der Waals surface area (Å²) in [4.78, 5) is 31.0. The van der Waals surface area contributed by atoms with E-state index < -0.39 is 0 Å². The van der Waals surface area contributed by atoms with Crippen LogP contribution >= 0.6 is 11.3 Å². The van der Waals surface area contributed by atoms with E-state index in [-0.39, 0.29) is 18.0 Å². The summed E-state index contributed by atoms with van der Waals surface area (Å²) in [7, 11) is 0. The Kier molecular flexibility index (Phi) is 5.62. The van der Waals surface area contributed by atoms with Gasteiger partial charge in [-0.15, -0.1) is 11.3 Å². The van der Waals surface area contributed by atoms with Crippen molar-refractivity contribution in [3.05, 3.63) is 53.5 Å². The predicted octanol–water partition coefficient (Wildman–Crippen LogP) is 4.19. The molecular formula is C21H22N4O3S. The number of carbonyl (C=O) groups excluding carboxylic acids is 2. The summed E-state index contributed by atoms with van der Waals surface area (Å²) < 4.78 is 6.12. The quantitative estimate of drug-likeness (QED) is 0.659. The molecule has 7 nitrogen and oxygen atoms in total. The fraction of sp³-hybridized carbons (Fsp3) is 0.286. The van der Waals surface area contributed by atoms with Gasteiger partial charge in [0.15, 0.2) is 0 Å². The molecule has 1 fully saturated rings. The molecule has 2 aromatic heterocycles. The van der Waals surface area contributed by atoms with Crippen molar-refractivity contribution in [2.75, 3.05) is 30.3 Å². The van der Waals surface area contributed by atoms with Crippen molar-refractivity contribution >= 4 is 44.9 Å². The van der Waals surface area contributed by atoms with Crippen LogP contribution in [0.25, 0.3) is 10.1 Å². The largest absolute Gasteiger partial charge is 0.450 e. The van der Waals surface area contributed by atoms with Gasteiger partial charge in [0, 0.05) is 23.8 Å². The molecule has 0 aliphatic carbocycles. The summed E-state index contributed by atoms with van der Waals surface area (Å²) >= 11 is 1.47. The van der Waals surface area contributed by atoms with E-state index in [2.05, 4.69) is 15.6 Å². The first kappa shape index (κ1) is 19.2. The molecule has 8 heteroatoms. The highest BCUT2D eigenvalue weighted by atomic mass is 32.1. The van der Waals surface area contributed by atoms with Crippen LogP contribution in [0, 0.1) is 0 Å². The standard InChI is InChI=1S/C21H22N4O3S/c1-2-28-21(27)25-10-9-16(13-25)23-19-8-7-15(12-22-19)24-20(26)18-11-14-5-3-4-6-17(14)29-18/h3-8,11-12,16H,2,9-10,13H2,1H3,(H,22,23)(H,24,26)/t16-/m0/s1. The Morgan fingerprint density at radius 3 is 2.90 bits per heavy atom. The number of nitrogens with one attached hydrogen (secondary N) is 2. The lowest BCUT2D eigenvalue weighted by molar-refractivity contribution is 0.103. The summed E-state index contributed by atoms with van der Waals surface area (Å²) in [5.74, 6) is 0.565. The number of likely N-dealkylation sites (tertiary alicyclic amines) is 1. The summed E-state index contributed by atoms with van der Waals surface area (Å²) in [5, 5.41) is 7.28. The average molecular weight is 410 g/mol. The third-order valence-corrected chi connectivity index (χ3v) is 5.85. The second-order valence-corrected chi connectivity index (χ2v) is 7.89. The molecule has 4 rings (SSSR count). The maximum Gasteiger partial charge on any atom is 0.409 e. The zero-order valence-corrected chi connectivity index (χ0v) is 16.9. The number of benzene rings is 1. The molecule has 0 radical (unpaired) electrons. The summed E-state index contributed by atoms with van der Waals surface area (Å²) in [6.45, 7) is 3.43. The van der Waals surface area contributed by atoms with Crippen LogP contribution < -0.4 is 10.6 Å². The second-order valence-electron chi connectivity index (χ2n) is 6.81. The highest BCUT2D eigenvalue weighted by Gasteiger charge is 2.27. The molecular weight excluding hydrogens is 388 g/mol. The van der Waals surface area contributed by atoms with Crippen molar-refractivity contribution in [3.8, 4) is 0 Å². The Bertz CT molecular complexity index is 985. The number of ether oxygens (including phenoxy) is 1. The Balaban J connectivity index is 1.33. The summed E-state index contributed by atoms with van der Waals surface area (Å²) in [6.07, 6.45) is 2.19. The van der Waals surface area contributed by atoms with E-state index in [0.29, 0.717) is 36.1 Å². The number of hydrogen-bond acceptors (Lipinski definition) is 6. The van der Waals surface area contributed by atoms with E-state index in [0.717, 1.165) is 16.5 Å². The molecule has 0 bridgehead atoms. The highest BCUT2D eigenvalue weighted by Crippen LogP contribution is 2.26.